The van der Waals surface area contributed by atoms with E-state index >= 15 is 0 Å². The molecule has 0 spiro atoms. The molecule has 0 saturated carbocycles. The van der Waals surface area contributed by atoms with Crippen LogP contribution in [0.5, 0.6) is 5.88 Å². The number of benzene rings is 1. The van der Waals surface area contributed by atoms with Crippen molar-refractivity contribution in [2.24, 2.45) is 5.73 Å². The van der Waals surface area contributed by atoms with Crippen molar-refractivity contribution < 1.29 is 23.8 Å². The van der Waals surface area contributed by atoms with E-state index in [1.807, 2.05) is 0 Å². The molecule has 1 atom stereocenters. The normalized spacial score (nSPS) is 11.7. The minimum absolute atomic E-state index is 0.0305. The molecule has 1 aromatic heterocycles. The average Bonchev–Trinajstić information content (AvgIpc) is 2.95. The molecule has 0 aliphatic carbocycles. The summed E-state index contributed by atoms with van der Waals surface area (Å²) in [6.07, 6.45) is -0.725. The average molecular weight is 447 g/mol. The Morgan fingerprint density at radius 3 is 2.85 bits per heavy atom. The lowest BCUT2D eigenvalue weighted by Crippen LogP contribution is -2.34. The molecule has 3 amide bonds. The van der Waals surface area contributed by atoms with Gasteiger partial charge < -0.3 is 20.9 Å². The van der Waals surface area contributed by atoms with Crippen LogP contribution < -0.4 is 21.1 Å². The second-order valence-electron chi connectivity index (χ2n) is 5.26. The molecule has 1 heterocycles. The predicted molar refractivity (Wildman–Crippen MR) is 97.8 cm³/mol. The van der Waals surface area contributed by atoms with Gasteiger partial charge in [0.2, 0.25) is 5.88 Å². The van der Waals surface area contributed by atoms with Crippen LogP contribution in [0, 0.1) is 5.82 Å². The van der Waals surface area contributed by atoms with Gasteiger partial charge in [-0.05, 0) is 30.6 Å². The van der Waals surface area contributed by atoms with Crippen molar-refractivity contribution in [1.82, 2.24) is 9.69 Å². The molecule has 0 radical (unpaired) electrons. The smallest absolute Gasteiger partial charge is 0.320 e. The van der Waals surface area contributed by atoms with Crippen LogP contribution in [0.25, 0.3) is 0 Å². The van der Waals surface area contributed by atoms with Crippen LogP contribution in [0.15, 0.2) is 22.7 Å². The molecule has 2 rings (SSSR count). The number of carbonyl (C=O) groups is 2. The van der Waals surface area contributed by atoms with Crippen molar-refractivity contribution in [2.75, 3.05) is 11.9 Å². The van der Waals surface area contributed by atoms with E-state index in [1.165, 1.54) is 19.1 Å². The minimum Gasteiger partial charge on any atom is -0.471 e. The summed E-state index contributed by atoms with van der Waals surface area (Å²) in [5.74, 6) is -1.43. The first-order chi connectivity index (χ1) is 12.3. The van der Waals surface area contributed by atoms with Crippen LogP contribution >= 0.6 is 27.5 Å². The van der Waals surface area contributed by atoms with Gasteiger partial charge >= 0.3 is 6.03 Å². The predicted octanol–water partition coefficient (Wildman–Crippen LogP) is 2.22. The van der Waals surface area contributed by atoms with Gasteiger partial charge in [0.1, 0.15) is 23.0 Å². The fourth-order valence-corrected chi connectivity index (χ4v) is 2.92. The Hall–Kier alpha value is -2.24. The molecular formula is C15H16BrFN4O4S. The highest BCUT2D eigenvalue weighted by Gasteiger charge is 2.22. The summed E-state index contributed by atoms with van der Waals surface area (Å²) in [5, 5.41) is 14.1. The summed E-state index contributed by atoms with van der Waals surface area (Å²) in [6.45, 7) is 1.37. The SMILES string of the molecule is CC(O)CNC(=O)Nc1snc(OCc2ccc(Br)cc2F)c1C(N)=O. The number of urea groups is 1. The molecule has 5 N–H and O–H groups in total. The van der Waals surface area contributed by atoms with Gasteiger partial charge in [0.25, 0.3) is 5.91 Å². The van der Waals surface area contributed by atoms with Gasteiger partial charge in [-0.2, -0.15) is 4.37 Å². The van der Waals surface area contributed by atoms with Gasteiger partial charge in [-0.25, -0.2) is 9.18 Å². The van der Waals surface area contributed by atoms with Gasteiger partial charge in [-0.1, -0.05) is 22.0 Å². The fraction of sp³-hybridized carbons (Fsp3) is 0.267. The number of aliphatic hydroxyl groups is 1. The van der Waals surface area contributed by atoms with Gasteiger partial charge in [0.15, 0.2) is 0 Å². The van der Waals surface area contributed by atoms with Crippen LogP contribution in [-0.4, -0.2) is 34.1 Å². The number of anilines is 1. The Morgan fingerprint density at radius 1 is 1.50 bits per heavy atom. The molecule has 0 bridgehead atoms. The maximum atomic E-state index is 13.8. The number of nitrogens with one attached hydrogen (secondary N) is 2. The van der Waals surface area contributed by atoms with Crippen LogP contribution in [0.1, 0.15) is 22.8 Å². The molecule has 0 aliphatic heterocycles. The highest BCUT2D eigenvalue weighted by molar-refractivity contribution is 9.10. The first kappa shape index (κ1) is 20.1. The van der Waals surface area contributed by atoms with Crippen LogP contribution in [0.2, 0.25) is 0 Å². The molecule has 1 aromatic carbocycles. The van der Waals surface area contributed by atoms with E-state index in [4.69, 9.17) is 15.6 Å². The molecule has 0 fully saturated rings. The second-order valence-corrected chi connectivity index (χ2v) is 6.95. The lowest BCUT2D eigenvalue weighted by Gasteiger charge is -2.09. The number of hydrogen-bond donors (Lipinski definition) is 4. The Balaban J connectivity index is 2.10. The Morgan fingerprint density at radius 2 is 2.23 bits per heavy atom. The van der Waals surface area contributed by atoms with Crippen LogP contribution in [-0.2, 0) is 6.61 Å². The summed E-state index contributed by atoms with van der Waals surface area (Å²) < 4.78 is 23.8. The third-order valence-corrected chi connectivity index (χ3v) is 4.31. The van der Waals surface area contributed by atoms with Gasteiger partial charge in [-0.3, -0.25) is 10.1 Å². The van der Waals surface area contributed by atoms with Crippen LogP contribution in [0.3, 0.4) is 0 Å². The Labute approximate surface area is 160 Å². The van der Waals surface area contributed by atoms with E-state index in [0.717, 1.165) is 11.5 Å². The number of primary amides is 1. The molecule has 0 saturated heterocycles. The topological polar surface area (TPSA) is 127 Å². The number of hydrogen-bond acceptors (Lipinski definition) is 6. The summed E-state index contributed by atoms with van der Waals surface area (Å²) in [7, 11) is 0. The monoisotopic (exact) mass is 446 g/mol. The van der Waals surface area contributed by atoms with Crippen molar-refractivity contribution in [3.05, 3.63) is 39.6 Å². The number of carbonyl (C=O) groups excluding carboxylic acids is 2. The maximum absolute atomic E-state index is 13.8. The van der Waals surface area contributed by atoms with E-state index in [1.54, 1.807) is 6.07 Å². The number of aliphatic hydroxyl groups excluding tert-OH is 1. The van der Waals surface area contributed by atoms with E-state index in [2.05, 4.69) is 30.9 Å². The third-order valence-electron chi connectivity index (χ3n) is 3.07. The van der Waals surface area contributed by atoms with E-state index in [9.17, 15) is 14.0 Å². The second kappa shape index (κ2) is 8.92. The molecule has 11 heteroatoms. The molecule has 140 valence electrons. The highest BCUT2D eigenvalue weighted by atomic mass is 79.9. The molecule has 26 heavy (non-hydrogen) atoms. The quantitative estimate of drug-likeness (QED) is 0.518. The lowest BCUT2D eigenvalue weighted by molar-refractivity contribution is 0.0996. The number of amides is 3. The zero-order valence-electron chi connectivity index (χ0n) is 13.6. The number of nitrogens with zero attached hydrogens (tertiary/aromatic N) is 1. The maximum Gasteiger partial charge on any atom is 0.320 e. The van der Waals surface area contributed by atoms with Crippen molar-refractivity contribution in [1.29, 1.82) is 0 Å². The van der Waals surface area contributed by atoms with E-state index in [-0.39, 0.29) is 35.2 Å². The van der Waals surface area contributed by atoms with Gasteiger partial charge in [-0.15, -0.1) is 0 Å². The number of nitrogens with two attached hydrogens (primary N) is 1. The molecule has 1 unspecified atom stereocenters. The van der Waals surface area contributed by atoms with Crippen molar-refractivity contribution >= 4 is 44.4 Å². The van der Waals surface area contributed by atoms with E-state index in [0.29, 0.717) is 4.47 Å². The number of aromatic nitrogens is 1. The molecule has 0 aliphatic rings. The summed E-state index contributed by atoms with van der Waals surface area (Å²) in [4.78, 5) is 23.4. The van der Waals surface area contributed by atoms with Crippen molar-refractivity contribution in [3.63, 3.8) is 0 Å². The third kappa shape index (κ3) is 5.38. The molecule has 2 aromatic rings. The standard InChI is InChI=1S/C15H16BrFN4O4S/c1-7(22)5-19-15(24)20-14-11(12(18)23)13(21-26-14)25-6-8-2-3-9(16)4-10(8)17/h2-4,7,22H,5-6H2,1H3,(H2,18,23)(H2,19,20,24). The summed E-state index contributed by atoms with van der Waals surface area (Å²) >= 11 is 3.95. The fourth-order valence-electron chi connectivity index (χ4n) is 1.85. The summed E-state index contributed by atoms with van der Waals surface area (Å²) in [6, 6.07) is 3.83. The number of rotatable bonds is 7. The first-order valence-electron chi connectivity index (χ1n) is 7.37. The highest BCUT2D eigenvalue weighted by Crippen LogP contribution is 2.31. The Bertz CT molecular complexity index is 815. The van der Waals surface area contributed by atoms with Gasteiger partial charge in [0, 0.05) is 16.6 Å². The lowest BCUT2D eigenvalue weighted by atomic mass is 10.2. The largest absolute Gasteiger partial charge is 0.471 e. The molecule has 8 nitrogen and oxygen atoms in total. The zero-order valence-corrected chi connectivity index (χ0v) is 16.0. The summed E-state index contributed by atoms with van der Waals surface area (Å²) in [5.41, 5.74) is 5.49. The zero-order chi connectivity index (χ0) is 19.3. The van der Waals surface area contributed by atoms with Crippen LogP contribution in [0.4, 0.5) is 14.2 Å². The van der Waals surface area contributed by atoms with Crippen molar-refractivity contribution in [3.8, 4) is 5.88 Å². The van der Waals surface area contributed by atoms with Crippen molar-refractivity contribution in [2.45, 2.75) is 19.6 Å². The Kier molecular flexibility index (Phi) is 6.89. The number of halogens is 2. The number of ether oxygens (including phenoxy) is 1. The van der Waals surface area contributed by atoms with Gasteiger partial charge in [0.05, 0.1) is 6.10 Å². The minimum atomic E-state index is -0.851. The van der Waals surface area contributed by atoms with E-state index < -0.39 is 23.9 Å². The first-order valence-corrected chi connectivity index (χ1v) is 8.93. The molecular weight excluding hydrogens is 431 g/mol.